The Kier molecular flexibility index (Phi) is 3.23. The standard InChI is InChI=1S/C18H21N5O/c1-18(2,3)23-16(11-4-5-11)9-15(22-23)17(24)20-13-6-7-14-12(8-13)10-19-21-14/h6-11H,4-5H2,1-3H3,(H,19,21)(H,20,24). The van der Waals surface area contributed by atoms with Crippen LogP contribution in [-0.4, -0.2) is 25.9 Å². The van der Waals surface area contributed by atoms with E-state index in [2.05, 4.69) is 41.4 Å². The topological polar surface area (TPSA) is 75.6 Å². The molecule has 1 amide bonds. The molecule has 0 atom stereocenters. The number of rotatable bonds is 3. The zero-order chi connectivity index (χ0) is 16.9. The number of aromatic nitrogens is 4. The minimum atomic E-state index is -0.178. The van der Waals surface area contributed by atoms with E-state index >= 15 is 0 Å². The molecular formula is C18H21N5O. The molecule has 3 aromatic rings. The van der Waals surface area contributed by atoms with E-state index in [1.165, 1.54) is 12.8 Å². The van der Waals surface area contributed by atoms with Gasteiger partial charge in [-0.15, -0.1) is 0 Å². The van der Waals surface area contributed by atoms with E-state index in [-0.39, 0.29) is 11.4 Å². The van der Waals surface area contributed by atoms with Gasteiger partial charge in [-0.05, 0) is 57.9 Å². The zero-order valence-corrected chi connectivity index (χ0v) is 14.1. The molecule has 2 aromatic heterocycles. The van der Waals surface area contributed by atoms with Crippen LogP contribution < -0.4 is 5.32 Å². The summed E-state index contributed by atoms with van der Waals surface area (Å²) in [6.07, 6.45) is 4.10. The number of aromatic amines is 1. The average Bonchev–Trinajstić information content (AvgIpc) is 3.09. The summed E-state index contributed by atoms with van der Waals surface area (Å²) >= 11 is 0. The summed E-state index contributed by atoms with van der Waals surface area (Å²) in [4.78, 5) is 12.6. The molecule has 6 heteroatoms. The van der Waals surface area contributed by atoms with Crippen molar-refractivity contribution in [2.75, 3.05) is 5.32 Å². The van der Waals surface area contributed by atoms with Crippen molar-refractivity contribution in [2.45, 2.75) is 45.1 Å². The molecule has 0 unspecified atom stereocenters. The van der Waals surface area contributed by atoms with Gasteiger partial charge in [-0.3, -0.25) is 14.6 Å². The molecular weight excluding hydrogens is 302 g/mol. The normalized spacial score (nSPS) is 15.0. The number of fused-ring (bicyclic) bond motifs is 1. The highest BCUT2D eigenvalue weighted by molar-refractivity contribution is 6.03. The smallest absolute Gasteiger partial charge is 0.276 e. The van der Waals surface area contributed by atoms with Crippen LogP contribution in [0.25, 0.3) is 10.9 Å². The van der Waals surface area contributed by atoms with Crippen molar-refractivity contribution in [1.82, 2.24) is 20.0 Å². The van der Waals surface area contributed by atoms with Crippen LogP contribution in [0.5, 0.6) is 0 Å². The fourth-order valence-electron chi connectivity index (χ4n) is 2.93. The lowest BCUT2D eigenvalue weighted by Crippen LogP contribution is -2.25. The van der Waals surface area contributed by atoms with E-state index in [0.29, 0.717) is 11.6 Å². The first-order chi connectivity index (χ1) is 11.4. The Balaban J connectivity index is 1.62. The van der Waals surface area contributed by atoms with Crippen LogP contribution in [0.1, 0.15) is 55.7 Å². The first-order valence-electron chi connectivity index (χ1n) is 8.27. The maximum atomic E-state index is 12.6. The number of hydrogen-bond donors (Lipinski definition) is 2. The van der Waals surface area contributed by atoms with E-state index in [4.69, 9.17) is 0 Å². The summed E-state index contributed by atoms with van der Waals surface area (Å²) in [5.41, 5.74) is 3.19. The molecule has 0 aliphatic heterocycles. The van der Waals surface area contributed by atoms with Gasteiger partial charge < -0.3 is 5.32 Å². The highest BCUT2D eigenvalue weighted by Gasteiger charge is 2.32. The molecule has 2 N–H and O–H groups in total. The van der Waals surface area contributed by atoms with Crippen molar-refractivity contribution in [1.29, 1.82) is 0 Å². The second-order valence-electron chi connectivity index (χ2n) is 7.44. The minimum absolute atomic E-state index is 0.133. The number of carbonyl (C=O) groups is 1. The predicted molar refractivity (Wildman–Crippen MR) is 93.2 cm³/mol. The molecule has 0 saturated heterocycles. The van der Waals surface area contributed by atoms with Gasteiger partial charge in [0, 0.05) is 22.7 Å². The quantitative estimate of drug-likeness (QED) is 0.772. The number of nitrogens with one attached hydrogen (secondary N) is 2. The van der Waals surface area contributed by atoms with Gasteiger partial charge in [-0.1, -0.05) is 0 Å². The van der Waals surface area contributed by atoms with Gasteiger partial charge in [0.15, 0.2) is 5.69 Å². The Morgan fingerprint density at radius 2 is 2.08 bits per heavy atom. The van der Waals surface area contributed by atoms with Crippen molar-refractivity contribution in [3.05, 3.63) is 41.9 Å². The molecule has 124 valence electrons. The van der Waals surface area contributed by atoms with Crippen LogP contribution in [0, 0.1) is 0 Å². The highest BCUT2D eigenvalue weighted by atomic mass is 16.2. The molecule has 0 bridgehead atoms. The number of hydrogen-bond acceptors (Lipinski definition) is 3. The summed E-state index contributed by atoms with van der Waals surface area (Å²) in [6.45, 7) is 6.33. The van der Waals surface area contributed by atoms with E-state index in [0.717, 1.165) is 22.3 Å². The Hall–Kier alpha value is -2.63. The van der Waals surface area contributed by atoms with E-state index in [1.54, 1.807) is 6.20 Å². The first-order valence-corrected chi connectivity index (χ1v) is 8.27. The number of benzene rings is 1. The third kappa shape index (κ3) is 2.68. The van der Waals surface area contributed by atoms with Gasteiger partial charge in [0.05, 0.1) is 17.3 Å². The Morgan fingerprint density at radius 1 is 1.29 bits per heavy atom. The molecule has 1 aliphatic carbocycles. The largest absolute Gasteiger partial charge is 0.321 e. The van der Waals surface area contributed by atoms with Crippen LogP contribution in [-0.2, 0) is 5.54 Å². The van der Waals surface area contributed by atoms with Crippen molar-refractivity contribution < 1.29 is 4.79 Å². The van der Waals surface area contributed by atoms with Crippen molar-refractivity contribution in [3.63, 3.8) is 0 Å². The van der Waals surface area contributed by atoms with Crippen LogP contribution in [0.3, 0.4) is 0 Å². The van der Waals surface area contributed by atoms with Gasteiger partial charge in [-0.2, -0.15) is 10.2 Å². The highest BCUT2D eigenvalue weighted by Crippen LogP contribution is 2.41. The Labute approximate surface area is 140 Å². The average molecular weight is 323 g/mol. The van der Waals surface area contributed by atoms with Crippen LogP contribution in [0.2, 0.25) is 0 Å². The monoisotopic (exact) mass is 323 g/mol. The molecule has 1 saturated carbocycles. The fraction of sp³-hybridized carbons (Fsp3) is 0.389. The summed E-state index contributed by atoms with van der Waals surface area (Å²) in [5.74, 6) is 0.364. The number of carbonyl (C=O) groups excluding carboxylic acids is 1. The number of anilines is 1. The van der Waals surface area contributed by atoms with Gasteiger partial charge in [0.25, 0.3) is 5.91 Å². The SMILES string of the molecule is CC(C)(C)n1nc(C(=O)Nc2ccc3[nH]ncc3c2)cc1C1CC1. The second-order valence-corrected chi connectivity index (χ2v) is 7.44. The first kappa shape index (κ1) is 14.9. The lowest BCUT2D eigenvalue weighted by Gasteiger charge is -2.22. The van der Waals surface area contributed by atoms with E-state index in [1.807, 2.05) is 28.9 Å². The second kappa shape index (κ2) is 5.19. The maximum absolute atomic E-state index is 12.6. The lowest BCUT2D eigenvalue weighted by molar-refractivity contribution is 0.102. The van der Waals surface area contributed by atoms with Crippen molar-refractivity contribution >= 4 is 22.5 Å². The summed E-state index contributed by atoms with van der Waals surface area (Å²) in [6, 6.07) is 7.61. The van der Waals surface area contributed by atoms with Crippen molar-refractivity contribution in [3.8, 4) is 0 Å². The molecule has 0 spiro atoms. The van der Waals surface area contributed by atoms with Gasteiger partial charge in [0.2, 0.25) is 0 Å². The molecule has 1 fully saturated rings. The molecule has 1 aliphatic rings. The van der Waals surface area contributed by atoms with Crippen LogP contribution >= 0.6 is 0 Å². The minimum Gasteiger partial charge on any atom is -0.321 e. The summed E-state index contributed by atoms with van der Waals surface area (Å²) in [7, 11) is 0. The van der Waals surface area contributed by atoms with E-state index < -0.39 is 0 Å². The summed E-state index contributed by atoms with van der Waals surface area (Å²) < 4.78 is 2.00. The molecule has 6 nitrogen and oxygen atoms in total. The maximum Gasteiger partial charge on any atom is 0.276 e. The Bertz CT molecular complexity index is 911. The number of H-pyrrole nitrogens is 1. The number of nitrogens with zero attached hydrogens (tertiary/aromatic N) is 3. The van der Waals surface area contributed by atoms with Gasteiger partial charge in [-0.25, -0.2) is 0 Å². The molecule has 2 heterocycles. The molecule has 1 aromatic carbocycles. The third-order valence-corrected chi connectivity index (χ3v) is 4.30. The lowest BCUT2D eigenvalue weighted by atomic mass is 10.1. The summed E-state index contributed by atoms with van der Waals surface area (Å²) in [5, 5.41) is 15.4. The Morgan fingerprint density at radius 3 is 2.79 bits per heavy atom. The fourth-order valence-corrected chi connectivity index (χ4v) is 2.93. The van der Waals surface area contributed by atoms with Crippen molar-refractivity contribution in [2.24, 2.45) is 0 Å². The molecule has 4 rings (SSSR count). The third-order valence-electron chi connectivity index (χ3n) is 4.30. The molecule has 0 radical (unpaired) electrons. The van der Waals surface area contributed by atoms with Crippen LogP contribution in [0.15, 0.2) is 30.5 Å². The zero-order valence-electron chi connectivity index (χ0n) is 14.1. The van der Waals surface area contributed by atoms with Gasteiger partial charge >= 0.3 is 0 Å². The predicted octanol–water partition coefficient (Wildman–Crippen LogP) is 3.64. The number of amides is 1. The van der Waals surface area contributed by atoms with Gasteiger partial charge in [0.1, 0.15) is 0 Å². The molecule has 24 heavy (non-hydrogen) atoms. The van der Waals surface area contributed by atoms with E-state index in [9.17, 15) is 4.79 Å². The van der Waals surface area contributed by atoms with Crippen LogP contribution in [0.4, 0.5) is 5.69 Å².